The molecular formula is C19H18FN5O2. The van der Waals surface area contributed by atoms with Crippen molar-refractivity contribution >= 4 is 35.0 Å². The zero-order valence-electron chi connectivity index (χ0n) is 14.6. The molecule has 3 rings (SSSR count). The lowest BCUT2D eigenvalue weighted by molar-refractivity contribution is -0.118. The number of nitrogens with one attached hydrogen (secondary N) is 3. The van der Waals surface area contributed by atoms with Crippen LogP contribution in [0.2, 0.25) is 0 Å². The van der Waals surface area contributed by atoms with Gasteiger partial charge in [0.05, 0.1) is 5.52 Å². The highest BCUT2D eigenvalue weighted by atomic mass is 19.1. The van der Waals surface area contributed by atoms with Crippen molar-refractivity contribution in [1.82, 2.24) is 25.8 Å². The highest BCUT2D eigenvalue weighted by Crippen LogP contribution is 2.17. The van der Waals surface area contributed by atoms with Gasteiger partial charge in [-0.25, -0.2) is 9.37 Å². The van der Waals surface area contributed by atoms with Crippen LogP contribution < -0.4 is 10.6 Å². The first-order valence-electron chi connectivity index (χ1n) is 8.34. The smallest absolute Gasteiger partial charge is 0.269 e. The second-order valence-electron chi connectivity index (χ2n) is 5.83. The van der Waals surface area contributed by atoms with Crippen LogP contribution in [0.3, 0.4) is 0 Å². The number of aromatic amines is 1. The van der Waals surface area contributed by atoms with E-state index in [2.05, 4.69) is 25.8 Å². The van der Waals surface area contributed by atoms with E-state index in [1.165, 1.54) is 19.1 Å². The maximum atomic E-state index is 13.3. The summed E-state index contributed by atoms with van der Waals surface area (Å²) in [7, 11) is 0. The number of H-pyrrole nitrogens is 1. The molecule has 0 bridgehead atoms. The van der Waals surface area contributed by atoms with E-state index < -0.39 is 0 Å². The number of halogens is 1. The van der Waals surface area contributed by atoms with E-state index in [4.69, 9.17) is 0 Å². The van der Waals surface area contributed by atoms with Gasteiger partial charge in [0.2, 0.25) is 5.91 Å². The Kier molecular flexibility index (Phi) is 5.55. The van der Waals surface area contributed by atoms with E-state index in [1.54, 1.807) is 36.4 Å². The zero-order valence-corrected chi connectivity index (χ0v) is 14.6. The Balaban J connectivity index is 1.75. The van der Waals surface area contributed by atoms with Crippen molar-refractivity contribution in [2.45, 2.75) is 6.92 Å². The fraction of sp³-hybridized carbons (Fsp3) is 0.158. The van der Waals surface area contributed by atoms with Gasteiger partial charge in [-0.05, 0) is 35.9 Å². The van der Waals surface area contributed by atoms with Gasteiger partial charge in [-0.3, -0.25) is 14.7 Å². The summed E-state index contributed by atoms with van der Waals surface area (Å²) in [4.78, 5) is 27.4. The Morgan fingerprint density at radius 3 is 2.74 bits per heavy atom. The van der Waals surface area contributed by atoms with Gasteiger partial charge < -0.3 is 10.6 Å². The van der Waals surface area contributed by atoms with Crippen LogP contribution in [0, 0.1) is 5.82 Å². The van der Waals surface area contributed by atoms with Crippen LogP contribution in [0.25, 0.3) is 23.2 Å². The number of fused-ring (bicyclic) bond motifs is 1. The first kappa shape index (κ1) is 18.2. The van der Waals surface area contributed by atoms with Crippen LogP contribution >= 0.6 is 0 Å². The maximum Gasteiger partial charge on any atom is 0.269 e. The number of pyridine rings is 1. The van der Waals surface area contributed by atoms with Crippen LogP contribution in [0.1, 0.15) is 28.7 Å². The van der Waals surface area contributed by atoms with E-state index in [-0.39, 0.29) is 23.3 Å². The molecule has 27 heavy (non-hydrogen) atoms. The van der Waals surface area contributed by atoms with Crippen molar-refractivity contribution in [3.63, 3.8) is 0 Å². The van der Waals surface area contributed by atoms with Gasteiger partial charge in [0.25, 0.3) is 5.91 Å². The fourth-order valence-electron chi connectivity index (χ4n) is 2.45. The number of amides is 2. The van der Waals surface area contributed by atoms with E-state index in [0.29, 0.717) is 35.4 Å². The Labute approximate surface area is 154 Å². The molecule has 7 nitrogen and oxygen atoms in total. The third kappa shape index (κ3) is 4.75. The first-order valence-corrected chi connectivity index (χ1v) is 8.34. The minimum atomic E-state index is -0.344. The van der Waals surface area contributed by atoms with Crippen molar-refractivity contribution in [2.24, 2.45) is 0 Å². The summed E-state index contributed by atoms with van der Waals surface area (Å²) in [6.45, 7) is 2.06. The lowest BCUT2D eigenvalue weighted by atomic mass is 10.2. The van der Waals surface area contributed by atoms with Crippen LogP contribution in [-0.4, -0.2) is 40.1 Å². The van der Waals surface area contributed by atoms with Crippen LogP contribution in [0.15, 0.2) is 36.4 Å². The van der Waals surface area contributed by atoms with Gasteiger partial charge in [0.15, 0.2) is 0 Å². The summed E-state index contributed by atoms with van der Waals surface area (Å²) >= 11 is 0. The molecule has 3 N–H and O–H groups in total. The standard InChI is InChI=1S/C19H18FN5O2/c1-12(26)21-9-10-22-19(27)17-8-7-16-18(23-17)15(24-25-16)6-5-13-3-2-4-14(20)11-13/h2-8,11H,9-10H2,1H3,(H,21,26)(H,22,27)(H,24,25). The largest absolute Gasteiger partial charge is 0.355 e. The molecule has 1 aromatic carbocycles. The Morgan fingerprint density at radius 1 is 1.15 bits per heavy atom. The predicted molar refractivity (Wildman–Crippen MR) is 100 cm³/mol. The second-order valence-corrected chi connectivity index (χ2v) is 5.83. The van der Waals surface area contributed by atoms with E-state index in [0.717, 1.165) is 0 Å². The second kappa shape index (κ2) is 8.22. The monoisotopic (exact) mass is 367 g/mol. The number of aromatic nitrogens is 3. The topological polar surface area (TPSA) is 99.8 Å². The summed E-state index contributed by atoms with van der Waals surface area (Å²) in [6.07, 6.45) is 3.43. The molecule has 138 valence electrons. The van der Waals surface area contributed by atoms with Gasteiger partial charge in [-0.2, -0.15) is 5.10 Å². The number of carbonyl (C=O) groups is 2. The summed E-state index contributed by atoms with van der Waals surface area (Å²) in [6, 6.07) is 9.49. The minimum absolute atomic E-state index is 0.156. The molecule has 0 saturated heterocycles. The van der Waals surface area contributed by atoms with Crippen molar-refractivity contribution in [1.29, 1.82) is 0 Å². The van der Waals surface area contributed by atoms with Crippen LogP contribution in [-0.2, 0) is 4.79 Å². The van der Waals surface area contributed by atoms with Gasteiger partial charge in [0.1, 0.15) is 22.7 Å². The van der Waals surface area contributed by atoms with Crippen molar-refractivity contribution in [3.8, 4) is 0 Å². The molecule has 0 saturated carbocycles. The number of hydrogen-bond donors (Lipinski definition) is 3. The Bertz CT molecular complexity index is 1010. The predicted octanol–water partition coefficient (Wildman–Crippen LogP) is 2.13. The minimum Gasteiger partial charge on any atom is -0.355 e. The molecule has 0 spiro atoms. The molecule has 8 heteroatoms. The summed E-state index contributed by atoms with van der Waals surface area (Å²) in [5.41, 5.74) is 2.70. The van der Waals surface area contributed by atoms with Gasteiger partial charge in [-0.15, -0.1) is 0 Å². The fourth-order valence-corrected chi connectivity index (χ4v) is 2.45. The number of hydrogen-bond acceptors (Lipinski definition) is 4. The lowest BCUT2D eigenvalue weighted by Crippen LogP contribution is -2.33. The average molecular weight is 367 g/mol. The van der Waals surface area contributed by atoms with E-state index in [1.807, 2.05) is 0 Å². The molecule has 2 heterocycles. The van der Waals surface area contributed by atoms with Gasteiger partial charge in [0, 0.05) is 20.0 Å². The molecular weight excluding hydrogens is 349 g/mol. The van der Waals surface area contributed by atoms with Crippen LogP contribution in [0.4, 0.5) is 4.39 Å². The maximum absolute atomic E-state index is 13.3. The first-order chi connectivity index (χ1) is 13.0. The van der Waals surface area contributed by atoms with Gasteiger partial charge in [-0.1, -0.05) is 18.2 Å². The van der Waals surface area contributed by atoms with Crippen molar-refractivity contribution < 1.29 is 14.0 Å². The van der Waals surface area contributed by atoms with E-state index >= 15 is 0 Å². The molecule has 0 aliphatic rings. The average Bonchev–Trinajstić information content (AvgIpc) is 3.05. The third-order valence-corrected chi connectivity index (χ3v) is 3.73. The number of rotatable bonds is 6. The molecule has 0 fully saturated rings. The summed E-state index contributed by atoms with van der Waals surface area (Å²) in [5.74, 6) is -0.819. The lowest BCUT2D eigenvalue weighted by Gasteiger charge is -2.05. The third-order valence-electron chi connectivity index (χ3n) is 3.73. The molecule has 0 atom stereocenters. The van der Waals surface area contributed by atoms with Gasteiger partial charge >= 0.3 is 0 Å². The highest BCUT2D eigenvalue weighted by Gasteiger charge is 2.11. The summed E-state index contributed by atoms with van der Waals surface area (Å²) in [5, 5.41) is 12.3. The number of nitrogens with zero attached hydrogens (tertiary/aromatic N) is 2. The SMILES string of the molecule is CC(=O)NCCNC(=O)c1ccc2[nH]nc(C=Cc3cccc(F)c3)c2n1. The molecule has 0 unspecified atom stereocenters. The van der Waals surface area contributed by atoms with Crippen molar-refractivity contribution in [3.05, 3.63) is 59.2 Å². The Hall–Kier alpha value is -3.55. The molecule has 0 radical (unpaired) electrons. The quantitative estimate of drug-likeness (QED) is 0.581. The summed E-state index contributed by atoms with van der Waals surface area (Å²) < 4.78 is 13.3. The highest BCUT2D eigenvalue weighted by molar-refractivity contribution is 5.95. The molecule has 3 aromatic rings. The zero-order chi connectivity index (χ0) is 19.2. The number of carbonyl (C=O) groups excluding carboxylic acids is 2. The molecule has 0 aliphatic carbocycles. The molecule has 2 aromatic heterocycles. The van der Waals surface area contributed by atoms with E-state index in [9.17, 15) is 14.0 Å². The Morgan fingerprint density at radius 2 is 1.96 bits per heavy atom. The normalized spacial score (nSPS) is 11.0. The van der Waals surface area contributed by atoms with Crippen molar-refractivity contribution in [2.75, 3.05) is 13.1 Å². The number of benzene rings is 1. The molecule has 2 amide bonds. The van der Waals surface area contributed by atoms with Crippen LogP contribution in [0.5, 0.6) is 0 Å². The molecule has 0 aliphatic heterocycles.